The van der Waals surface area contributed by atoms with Crippen LogP contribution in [0.1, 0.15) is 69.4 Å². The van der Waals surface area contributed by atoms with Gasteiger partial charge >= 0.3 is 0 Å². The van der Waals surface area contributed by atoms with E-state index < -0.39 is 0 Å². The van der Waals surface area contributed by atoms with Gasteiger partial charge in [0.25, 0.3) is 0 Å². The molecule has 3 aliphatic rings. The lowest BCUT2D eigenvalue weighted by molar-refractivity contribution is -0.140. The molecule has 166 valence electrons. The van der Waals surface area contributed by atoms with Crippen LogP contribution in [0.4, 0.5) is 0 Å². The Labute approximate surface area is 186 Å². The highest BCUT2D eigenvalue weighted by Crippen LogP contribution is 2.31. The van der Waals surface area contributed by atoms with Crippen molar-refractivity contribution in [2.75, 3.05) is 19.6 Å². The van der Waals surface area contributed by atoms with E-state index in [2.05, 4.69) is 26.6 Å². The second-order valence-electron chi connectivity index (χ2n) is 9.01. The van der Waals surface area contributed by atoms with Crippen molar-refractivity contribution in [3.8, 4) is 0 Å². The van der Waals surface area contributed by atoms with Crippen molar-refractivity contribution in [3.63, 3.8) is 0 Å². The molecule has 1 aliphatic heterocycles. The van der Waals surface area contributed by atoms with Crippen LogP contribution in [0.5, 0.6) is 0 Å². The largest absolute Gasteiger partial charge is 0.353 e. The Morgan fingerprint density at radius 1 is 1.13 bits per heavy atom. The van der Waals surface area contributed by atoms with Gasteiger partial charge in [0.05, 0.1) is 6.04 Å². The zero-order valence-corrected chi connectivity index (χ0v) is 18.5. The Morgan fingerprint density at radius 2 is 1.90 bits per heavy atom. The first-order chi connectivity index (χ1) is 14.2. The Kier molecular flexibility index (Phi) is 8.51. The lowest BCUT2D eigenvalue weighted by atomic mass is 9.84. The molecule has 2 saturated carbocycles. The summed E-state index contributed by atoms with van der Waals surface area (Å²) >= 11 is 0. The van der Waals surface area contributed by atoms with Gasteiger partial charge in [-0.25, -0.2) is 0 Å². The Hall–Kier alpha value is -1.66. The molecule has 1 saturated heterocycles. The van der Waals surface area contributed by atoms with Gasteiger partial charge in [-0.15, -0.1) is 12.4 Å². The minimum absolute atomic E-state index is 0. The van der Waals surface area contributed by atoms with Gasteiger partial charge in [-0.05, 0) is 56.1 Å². The lowest BCUT2D eigenvalue weighted by Gasteiger charge is -2.40. The summed E-state index contributed by atoms with van der Waals surface area (Å²) in [5.74, 6) is 1.15. The van der Waals surface area contributed by atoms with Gasteiger partial charge < -0.3 is 15.5 Å². The number of halogens is 1. The van der Waals surface area contributed by atoms with Crippen molar-refractivity contribution in [2.24, 2.45) is 11.8 Å². The van der Waals surface area contributed by atoms with Crippen molar-refractivity contribution in [1.29, 1.82) is 0 Å². The van der Waals surface area contributed by atoms with E-state index in [4.69, 9.17) is 0 Å². The molecule has 1 atom stereocenters. The van der Waals surface area contributed by atoms with E-state index >= 15 is 0 Å². The number of aromatic nitrogens is 1. The number of piperazine rings is 1. The van der Waals surface area contributed by atoms with Crippen molar-refractivity contribution in [1.82, 2.24) is 20.5 Å². The fourth-order valence-corrected chi connectivity index (χ4v) is 5.32. The second kappa shape index (κ2) is 11.1. The van der Waals surface area contributed by atoms with Gasteiger partial charge in [0.2, 0.25) is 11.8 Å². The highest BCUT2D eigenvalue weighted by molar-refractivity contribution is 5.85. The van der Waals surface area contributed by atoms with Gasteiger partial charge in [0, 0.05) is 50.4 Å². The van der Waals surface area contributed by atoms with Crippen LogP contribution in [0.15, 0.2) is 24.5 Å². The minimum Gasteiger partial charge on any atom is -0.353 e. The summed E-state index contributed by atoms with van der Waals surface area (Å²) in [6.07, 6.45) is 12.9. The molecule has 2 heterocycles. The average Bonchev–Trinajstić information content (AvgIpc) is 3.27. The van der Waals surface area contributed by atoms with E-state index in [1.54, 1.807) is 6.20 Å². The third-order valence-electron chi connectivity index (χ3n) is 6.99. The zero-order chi connectivity index (χ0) is 20.1. The van der Waals surface area contributed by atoms with Crippen LogP contribution in [0.25, 0.3) is 0 Å². The van der Waals surface area contributed by atoms with Gasteiger partial charge in [-0.3, -0.25) is 14.6 Å². The maximum atomic E-state index is 13.3. The second-order valence-corrected chi connectivity index (χ2v) is 9.01. The van der Waals surface area contributed by atoms with Gasteiger partial charge in [0.15, 0.2) is 0 Å². The summed E-state index contributed by atoms with van der Waals surface area (Å²) in [4.78, 5) is 31.9. The number of hydrogen-bond donors (Lipinski definition) is 2. The highest BCUT2D eigenvalue weighted by Gasteiger charge is 2.35. The fraction of sp³-hybridized carbons (Fsp3) is 0.696. The number of nitrogens with zero attached hydrogens (tertiary/aromatic N) is 2. The number of amides is 2. The molecule has 2 amide bonds. The summed E-state index contributed by atoms with van der Waals surface area (Å²) in [6.45, 7) is 2.37. The first-order valence-corrected chi connectivity index (χ1v) is 11.4. The molecular weight excluding hydrogens is 400 g/mol. The first kappa shape index (κ1) is 23.0. The van der Waals surface area contributed by atoms with Crippen LogP contribution < -0.4 is 10.6 Å². The van der Waals surface area contributed by atoms with Crippen molar-refractivity contribution >= 4 is 24.2 Å². The Morgan fingerprint density at radius 3 is 2.60 bits per heavy atom. The van der Waals surface area contributed by atoms with Gasteiger partial charge in [0.1, 0.15) is 0 Å². The van der Waals surface area contributed by atoms with Crippen molar-refractivity contribution in [2.45, 2.75) is 69.9 Å². The van der Waals surface area contributed by atoms with E-state index in [0.29, 0.717) is 12.3 Å². The van der Waals surface area contributed by atoms with E-state index in [1.165, 1.54) is 25.7 Å². The van der Waals surface area contributed by atoms with Gasteiger partial charge in [-0.2, -0.15) is 0 Å². The minimum atomic E-state index is 0. The summed E-state index contributed by atoms with van der Waals surface area (Å²) in [6, 6.07) is 4.30. The van der Waals surface area contributed by atoms with E-state index in [9.17, 15) is 9.59 Å². The summed E-state index contributed by atoms with van der Waals surface area (Å²) in [7, 11) is 0. The smallest absolute Gasteiger partial charge is 0.226 e. The maximum absolute atomic E-state index is 13.3. The van der Waals surface area contributed by atoms with Crippen LogP contribution in [-0.2, 0) is 9.59 Å². The van der Waals surface area contributed by atoms with Crippen LogP contribution in [0.2, 0.25) is 0 Å². The van der Waals surface area contributed by atoms with Crippen molar-refractivity contribution < 1.29 is 9.59 Å². The SMILES string of the molecule is Cl.O=C(CC1CCCC1)NC1CCC(C(=O)N2CCNCC2c2cccnc2)CC1. The molecule has 1 aromatic heterocycles. The number of carbonyl (C=O) groups is 2. The molecule has 30 heavy (non-hydrogen) atoms. The van der Waals surface area contributed by atoms with Crippen LogP contribution >= 0.6 is 12.4 Å². The lowest BCUT2D eigenvalue weighted by Crippen LogP contribution is -2.51. The molecule has 0 radical (unpaired) electrons. The van der Waals surface area contributed by atoms with E-state index in [1.807, 2.05) is 12.3 Å². The summed E-state index contributed by atoms with van der Waals surface area (Å²) in [5.41, 5.74) is 1.10. The molecule has 1 unspecified atom stereocenters. The predicted molar refractivity (Wildman–Crippen MR) is 119 cm³/mol. The van der Waals surface area contributed by atoms with Crippen LogP contribution in [-0.4, -0.2) is 47.4 Å². The number of carbonyl (C=O) groups excluding carboxylic acids is 2. The maximum Gasteiger partial charge on any atom is 0.226 e. The first-order valence-electron chi connectivity index (χ1n) is 11.4. The molecule has 1 aromatic rings. The molecule has 2 N–H and O–H groups in total. The van der Waals surface area contributed by atoms with Gasteiger partial charge in [-0.1, -0.05) is 18.9 Å². The molecular formula is C23H35ClN4O2. The molecule has 4 rings (SSSR count). The number of nitrogens with one attached hydrogen (secondary N) is 2. The molecule has 0 bridgehead atoms. The average molecular weight is 435 g/mol. The van der Waals surface area contributed by atoms with Crippen LogP contribution in [0, 0.1) is 11.8 Å². The highest BCUT2D eigenvalue weighted by atomic mass is 35.5. The number of rotatable bonds is 5. The molecule has 0 spiro atoms. The summed E-state index contributed by atoms with van der Waals surface area (Å²) in [5, 5.41) is 6.65. The quantitative estimate of drug-likeness (QED) is 0.746. The third kappa shape index (κ3) is 5.73. The molecule has 3 fully saturated rings. The molecule has 0 aromatic carbocycles. The Balaban J connectivity index is 0.00000256. The zero-order valence-electron chi connectivity index (χ0n) is 17.7. The molecule has 7 heteroatoms. The van der Waals surface area contributed by atoms with E-state index in [-0.39, 0.29) is 42.2 Å². The predicted octanol–water partition coefficient (Wildman–Crippen LogP) is 3.23. The van der Waals surface area contributed by atoms with E-state index in [0.717, 1.165) is 50.9 Å². The Bertz CT molecular complexity index is 688. The topological polar surface area (TPSA) is 74.3 Å². The number of hydrogen-bond acceptors (Lipinski definition) is 4. The van der Waals surface area contributed by atoms with Crippen LogP contribution in [0.3, 0.4) is 0 Å². The normalized spacial score (nSPS) is 27.3. The summed E-state index contributed by atoms with van der Waals surface area (Å²) < 4.78 is 0. The third-order valence-corrected chi connectivity index (χ3v) is 6.99. The van der Waals surface area contributed by atoms with Crippen molar-refractivity contribution in [3.05, 3.63) is 30.1 Å². The monoisotopic (exact) mass is 434 g/mol. The number of pyridine rings is 1. The fourth-order valence-electron chi connectivity index (χ4n) is 5.32. The molecule has 2 aliphatic carbocycles. The molecule has 6 nitrogen and oxygen atoms in total. The standard InChI is InChI=1S/C23H34N4O2.ClH/c28-22(14-17-4-1-2-5-17)26-20-9-7-18(8-10-20)23(29)27-13-12-25-16-21(27)19-6-3-11-24-15-19;/h3,6,11,15,17-18,20-21,25H,1-2,4-5,7-10,12-14,16H2,(H,26,28);1H.